The van der Waals surface area contributed by atoms with Crippen molar-refractivity contribution in [2.75, 3.05) is 5.75 Å². The third kappa shape index (κ3) is 2.43. The van der Waals surface area contributed by atoms with Crippen LogP contribution in [0, 0.1) is 0 Å². The van der Waals surface area contributed by atoms with Crippen molar-refractivity contribution in [1.29, 1.82) is 0 Å². The molecule has 0 aliphatic carbocycles. The van der Waals surface area contributed by atoms with Gasteiger partial charge < -0.3 is 4.57 Å². The number of hydrogen-bond donors (Lipinski definition) is 0. The lowest BCUT2D eigenvalue weighted by Crippen LogP contribution is -2.22. The summed E-state index contributed by atoms with van der Waals surface area (Å²) >= 11 is 1.63. The summed E-state index contributed by atoms with van der Waals surface area (Å²) in [5, 5.41) is 5.28. The van der Waals surface area contributed by atoms with Gasteiger partial charge in [0.05, 0.1) is 17.6 Å². The van der Waals surface area contributed by atoms with Crippen LogP contribution in [0.15, 0.2) is 58.6 Å². The third-order valence-electron chi connectivity index (χ3n) is 3.77. The second-order valence-corrected chi connectivity index (χ2v) is 6.29. The van der Waals surface area contributed by atoms with Gasteiger partial charge in [0.2, 0.25) is 0 Å². The number of aryl methyl sites for hydroxylation is 2. The summed E-state index contributed by atoms with van der Waals surface area (Å²) in [7, 11) is 2.01. The van der Waals surface area contributed by atoms with Crippen LogP contribution >= 0.6 is 11.8 Å². The van der Waals surface area contributed by atoms with Gasteiger partial charge in [-0.15, -0.1) is 5.10 Å². The molecule has 116 valence electrons. The lowest BCUT2D eigenvalue weighted by atomic mass is 10.3. The number of para-hydroxylation sites is 2. The highest BCUT2D eigenvalue weighted by Gasteiger charge is 2.09. The monoisotopic (exact) mass is 325 g/mol. The highest BCUT2D eigenvalue weighted by molar-refractivity contribution is 7.99. The van der Waals surface area contributed by atoms with E-state index in [2.05, 4.69) is 20.7 Å². The zero-order valence-electron chi connectivity index (χ0n) is 12.6. The normalized spacial score (nSPS) is 11.5. The quantitative estimate of drug-likeness (QED) is 0.540. The Labute approximate surface area is 136 Å². The number of rotatable bonds is 4. The minimum Gasteiger partial charge on any atom is -0.322 e. The molecule has 0 fully saturated rings. The van der Waals surface area contributed by atoms with Gasteiger partial charge in [0.1, 0.15) is 0 Å². The Morgan fingerprint density at radius 2 is 1.96 bits per heavy atom. The van der Waals surface area contributed by atoms with E-state index < -0.39 is 0 Å². The molecule has 23 heavy (non-hydrogen) atoms. The summed E-state index contributed by atoms with van der Waals surface area (Å²) in [6, 6.07) is 13.6. The molecule has 1 aromatic carbocycles. The van der Waals surface area contributed by atoms with Crippen LogP contribution in [0.5, 0.6) is 0 Å². The maximum absolute atomic E-state index is 12.2. The van der Waals surface area contributed by atoms with Crippen LogP contribution in [0.1, 0.15) is 0 Å². The first-order valence-electron chi connectivity index (χ1n) is 7.32. The molecule has 3 aromatic heterocycles. The lowest BCUT2D eigenvalue weighted by molar-refractivity contribution is 0.638. The van der Waals surface area contributed by atoms with Crippen molar-refractivity contribution in [1.82, 2.24) is 23.7 Å². The van der Waals surface area contributed by atoms with Gasteiger partial charge >= 0.3 is 5.69 Å². The Hall–Kier alpha value is -2.54. The molecule has 0 N–H and O–H groups in total. The molecule has 0 radical (unpaired) electrons. The van der Waals surface area contributed by atoms with Gasteiger partial charge in [-0.05, 0) is 24.3 Å². The minimum atomic E-state index is -0.105. The number of thioether (sulfide) groups is 1. The number of hydrogen-bond acceptors (Lipinski definition) is 4. The Balaban J connectivity index is 1.53. The van der Waals surface area contributed by atoms with Crippen molar-refractivity contribution >= 4 is 28.4 Å². The first-order chi connectivity index (χ1) is 11.2. The average molecular weight is 325 g/mol. The molecule has 4 rings (SSSR count). The summed E-state index contributed by atoms with van der Waals surface area (Å²) in [6.45, 7) is 0.550. The van der Waals surface area contributed by atoms with Gasteiger partial charge in [0.25, 0.3) is 0 Å². The second kappa shape index (κ2) is 5.58. The number of benzene rings is 1. The van der Waals surface area contributed by atoms with E-state index >= 15 is 0 Å². The topological polar surface area (TPSA) is 57.1 Å². The predicted molar refractivity (Wildman–Crippen MR) is 90.9 cm³/mol. The fourth-order valence-corrected chi connectivity index (χ4v) is 3.49. The van der Waals surface area contributed by atoms with Gasteiger partial charge in [-0.25, -0.2) is 14.5 Å². The van der Waals surface area contributed by atoms with Gasteiger partial charge in [-0.1, -0.05) is 30.0 Å². The van der Waals surface area contributed by atoms with Crippen LogP contribution in [0.25, 0.3) is 16.7 Å². The van der Waals surface area contributed by atoms with Crippen molar-refractivity contribution in [3.8, 4) is 0 Å². The minimum absolute atomic E-state index is 0.105. The summed E-state index contributed by atoms with van der Waals surface area (Å²) in [4.78, 5) is 16.8. The Morgan fingerprint density at radius 1 is 1.13 bits per heavy atom. The molecule has 0 spiro atoms. The van der Waals surface area contributed by atoms with E-state index in [1.807, 2.05) is 43.4 Å². The van der Waals surface area contributed by atoms with Crippen molar-refractivity contribution < 1.29 is 0 Å². The molecule has 0 amide bonds. The SMILES string of the molecule is Cn1c(SCCn2nc3ccccn3c2=O)nc2ccccc21. The predicted octanol–water partition coefficient (Wildman–Crippen LogP) is 2.17. The largest absolute Gasteiger partial charge is 0.350 e. The Kier molecular flexibility index (Phi) is 3.42. The zero-order chi connectivity index (χ0) is 15.8. The van der Waals surface area contributed by atoms with E-state index in [9.17, 15) is 4.79 Å². The fraction of sp³-hybridized carbons (Fsp3) is 0.188. The van der Waals surface area contributed by atoms with Crippen LogP contribution < -0.4 is 5.69 Å². The maximum atomic E-state index is 12.2. The molecule has 0 atom stereocenters. The molecule has 0 saturated heterocycles. The third-order valence-corrected chi connectivity index (χ3v) is 4.78. The summed E-state index contributed by atoms with van der Waals surface area (Å²) < 4.78 is 5.14. The number of aromatic nitrogens is 5. The van der Waals surface area contributed by atoms with Crippen LogP contribution in [-0.4, -0.2) is 29.5 Å². The van der Waals surface area contributed by atoms with Crippen LogP contribution in [-0.2, 0) is 13.6 Å². The van der Waals surface area contributed by atoms with E-state index in [0.717, 1.165) is 21.9 Å². The second-order valence-electron chi connectivity index (χ2n) is 5.23. The zero-order valence-corrected chi connectivity index (χ0v) is 13.4. The number of fused-ring (bicyclic) bond motifs is 2. The van der Waals surface area contributed by atoms with Gasteiger partial charge in [0.15, 0.2) is 10.8 Å². The molecule has 4 aromatic rings. The van der Waals surface area contributed by atoms with Gasteiger partial charge in [-0.2, -0.15) is 0 Å². The van der Waals surface area contributed by atoms with E-state index in [-0.39, 0.29) is 5.69 Å². The van der Waals surface area contributed by atoms with Crippen molar-refractivity contribution in [2.45, 2.75) is 11.7 Å². The molecule has 0 aliphatic rings. The molecule has 0 saturated carbocycles. The van der Waals surface area contributed by atoms with E-state index in [1.54, 1.807) is 22.4 Å². The Morgan fingerprint density at radius 3 is 2.78 bits per heavy atom. The molecule has 0 unspecified atom stereocenters. The molecule has 0 aliphatic heterocycles. The smallest absolute Gasteiger partial charge is 0.322 e. The van der Waals surface area contributed by atoms with E-state index in [0.29, 0.717) is 12.2 Å². The standard InChI is InChI=1S/C16H15N5OS/c1-19-13-7-3-2-6-12(13)17-15(19)23-11-10-21-16(22)20-9-5-4-8-14(20)18-21/h2-9H,10-11H2,1H3. The van der Waals surface area contributed by atoms with Crippen LogP contribution in [0.4, 0.5) is 0 Å². The number of imidazole rings is 1. The number of pyridine rings is 1. The van der Waals surface area contributed by atoms with E-state index in [4.69, 9.17) is 0 Å². The highest BCUT2D eigenvalue weighted by Crippen LogP contribution is 2.22. The average Bonchev–Trinajstić information content (AvgIpc) is 3.07. The van der Waals surface area contributed by atoms with Crippen molar-refractivity contribution in [2.24, 2.45) is 7.05 Å². The molecule has 0 bridgehead atoms. The van der Waals surface area contributed by atoms with Crippen molar-refractivity contribution in [3.05, 3.63) is 59.1 Å². The van der Waals surface area contributed by atoms with Gasteiger partial charge in [0, 0.05) is 19.0 Å². The van der Waals surface area contributed by atoms with Crippen LogP contribution in [0.2, 0.25) is 0 Å². The first-order valence-corrected chi connectivity index (χ1v) is 8.31. The number of nitrogens with zero attached hydrogens (tertiary/aromatic N) is 5. The summed E-state index contributed by atoms with van der Waals surface area (Å²) in [6.07, 6.45) is 1.74. The summed E-state index contributed by atoms with van der Waals surface area (Å²) in [5.74, 6) is 0.737. The maximum Gasteiger partial charge on any atom is 0.350 e. The van der Waals surface area contributed by atoms with E-state index in [1.165, 1.54) is 4.68 Å². The first kappa shape index (κ1) is 14.1. The molecular formula is C16H15N5OS. The fourth-order valence-electron chi connectivity index (χ4n) is 2.59. The molecule has 7 heteroatoms. The Bertz CT molecular complexity index is 1050. The van der Waals surface area contributed by atoms with Gasteiger partial charge in [-0.3, -0.25) is 4.40 Å². The van der Waals surface area contributed by atoms with Crippen molar-refractivity contribution in [3.63, 3.8) is 0 Å². The highest BCUT2D eigenvalue weighted by atomic mass is 32.2. The van der Waals surface area contributed by atoms with Crippen LogP contribution in [0.3, 0.4) is 0 Å². The molecular weight excluding hydrogens is 310 g/mol. The summed E-state index contributed by atoms with van der Waals surface area (Å²) in [5.41, 5.74) is 2.67. The lowest BCUT2D eigenvalue weighted by Gasteiger charge is -2.01. The molecule has 3 heterocycles. The molecule has 6 nitrogen and oxygen atoms in total.